The molecule has 0 atom stereocenters. The number of hydrogen-bond donors (Lipinski definition) is 6. The summed E-state index contributed by atoms with van der Waals surface area (Å²) in [7, 11) is 0. The Morgan fingerprint density at radius 2 is 0.661 bits per heavy atom. The molecule has 6 N–H and O–H groups in total. The normalized spacial score (nSPS) is 11.6. The number of benzene rings is 7. The number of phenols is 3. The van der Waals surface area contributed by atoms with E-state index in [-0.39, 0.29) is 22.7 Å². The van der Waals surface area contributed by atoms with Gasteiger partial charge in [0, 0.05) is 64.2 Å². The van der Waals surface area contributed by atoms with Gasteiger partial charge in [-0.1, -0.05) is 111 Å². The second-order valence-electron chi connectivity index (χ2n) is 15.0. The molecule has 7 rings (SSSR count). The van der Waals surface area contributed by atoms with Gasteiger partial charge in [-0.15, -0.1) is 0 Å². The minimum atomic E-state index is -0.665. The molecule has 0 amide bonds. The summed E-state index contributed by atoms with van der Waals surface area (Å²) in [5.41, 5.74) is 9.62. The highest BCUT2D eigenvalue weighted by Gasteiger charge is 2.33. The van der Waals surface area contributed by atoms with Gasteiger partial charge in [-0.2, -0.15) is 0 Å². The van der Waals surface area contributed by atoms with E-state index in [1.54, 1.807) is 18.2 Å². The Bertz CT molecular complexity index is 2290. The Morgan fingerprint density at radius 1 is 0.357 bits per heavy atom. The molecular weight excluding hydrogens is 691 g/mol. The van der Waals surface area contributed by atoms with Crippen LogP contribution in [0.5, 0.6) is 17.2 Å². The van der Waals surface area contributed by atoms with Crippen molar-refractivity contribution < 1.29 is 15.3 Å². The lowest BCUT2D eigenvalue weighted by Gasteiger charge is -2.34. The van der Waals surface area contributed by atoms with Gasteiger partial charge in [-0.3, -0.25) is 0 Å². The zero-order valence-electron chi connectivity index (χ0n) is 32.1. The van der Waals surface area contributed by atoms with Crippen LogP contribution in [0.2, 0.25) is 0 Å². The second kappa shape index (κ2) is 16.4. The van der Waals surface area contributed by atoms with Crippen molar-refractivity contribution in [3.63, 3.8) is 0 Å². The molecule has 0 spiro atoms. The van der Waals surface area contributed by atoms with Crippen molar-refractivity contribution in [2.24, 2.45) is 0 Å². The average molecular weight is 740 g/mol. The van der Waals surface area contributed by atoms with Crippen LogP contribution in [0.3, 0.4) is 0 Å². The van der Waals surface area contributed by atoms with Gasteiger partial charge in [0.15, 0.2) is 0 Å². The van der Waals surface area contributed by atoms with Gasteiger partial charge in [0.2, 0.25) is 0 Å². The molecule has 0 aromatic heterocycles. The van der Waals surface area contributed by atoms with Crippen LogP contribution in [-0.2, 0) is 30.5 Å². The molecule has 0 aliphatic heterocycles. The summed E-state index contributed by atoms with van der Waals surface area (Å²) in [5.74, 6) is 0.711. The van der Waals surface area contributed by atoms with Crippen LogP contribution < -0.4 is 16.0 Å². The summed E-state index contributed by atoms with van der Waals surface area (Å²) in [4.78, 5) is 0. The van der Waals surface area contributed by atoms with Crippen LogP contribution in [0.4, 0.5) is 17.1 Å². The smallest absolute Gasteiger partial charge is 0.120 e. The molecule has 0 bridgehead atoms. The van der Waals surface area contributed by atoms with Gasteiger partial charge in [0.25, 0.3) is 0 Å². The van der Waals surface area contributed by atoms with Crippen LogP contribution in [-0.4, -0.2) is 15.3 Å². The molecule has 282 valence electrons. The Kier molecular flexibility index (Phi) is 11.0. The summed E-state index contributed by atoms with van der Waals surface area (Å²) in [6.07, 6.45) is 0. The van der Waals surface area contributed by atoms with Crippen molar-refractivity contribution >= 4 is 17.1 Å². The Balaban J connectivity index is 1.24. The summed E-state index contributed by atoms with van der Waals surface area (Å²) >= 11 is 0. The fourth-order valence-electron chi connectivity index (χ4n) is 7.34. The third-order valence-corrected chi connectivity index (χ3v) is 11.1. The zero-order valence-corrected chi connectivity index (χ0v) is 32.1. The minimum Gasteiger partial charge on any atom is -0.508 e. The first kappa shape index (κ1) is 37.6. The average Bonchev–Trinajstić information content (AvgIpc) is 3.23. The van der Waals surface area contributed by atoms with Gasteiger partial charge < -0.3 is 31.3 Å². The Morgan fingerprint density at radius 3 is 1.04 bits per heavy atom. The van der Waals surface area contributed by atoms with Crippen molar-refractivity contribution in [2.75, 3.05) is 16.0 Å². The first-order chi connectivity index (χ1) is 27.1. The van der Waals surface area contributed by atoms with E-state index in [1.807, 2.05) is 109 Å². The molecule has 0 heterocycles. The number of anilines is 3. The van der Waals surface area contributed by atoms with E-state index in [2.05, 4.69) is 79.2 Å². The minimum absolute atomic E-state index is 0.224. The lowest BCUT2D eigenvalue weighted by atomic mass is 9.69. The van der Waals surface area contributed by atoms with E-state index in [9.17, 15) is 15.3 Å². The van der Waals surface area contributed by atoms with E-state index < -0.39 is 5.41 Å². The maximum absolute atomic E-state index is 11.0. The fourth-order valence-corrected chi connectivity index (χ4v) is 7.34. The molecule has 6 nitrogen and oxygen atoms in total. The molecule has 7 aromatic rings. The summed E-state index contributed by atoms with van der Waals surface area (Å²) < 4.78 is 0. The van der Waals surface area contributed by atoms with Crippen LogP contribution in [0.1, 0.15) is 65.3 Å². The molecule has 0 unspecified atom stereocenters. The van der Waals surface area contributed by atoms with E-state index >= 15 is 0 Å². The summed E-state index contributed by atoms with van der Waals surface area (Å²) in [6.45, 7) is 8.02. The highest BCUT2D eigenvalue weighted by Crippen LogP contribution is 2.43. The maximum Gasteiger partial charge on any atom is 0.120 e. The number of hydrogen-bond acceptors (Lipinski definition) is 6. The quantitative estimate of drug-likeness (QED) is 0.0622. The van der Waals surface area contributed by atoms with Gasteiger partial charge >= 0.3 is 0 Å². The first-order valence-electron chi connectivity index (χ1n) is 19.1. The van der Waals surface area contributed by atoms with Gasteiger partial charge in [0.1, 0.15) is 17.2 Å². The fraction of sp³-hybridized carbons (Fsp3) is 0.160. The molecule has 0 aliphatic rings. The molecule has 56 heavy (non-hydrogen) atoms. The van der Waals surface area contributed by atoms with Gasteiger partial charge in [-0.25, -0.2) is 0 Å². The largest absolute Gasteiger partial charge is 0.508 e. The van der Waals surface area contributed by atoms with Crippen molar-refractivity contribution in [3.8, 4) is 17.2 Å². The monoisotopic (exact) mass is 739 g/mol. The summed E-state index contributed by atoms with van der Waals surface area (Å²) in [6, 6.07) is 56.3. The lowest BCUT2D eigenvalue weighted by molar-refractivity contribution is 0.467. The molecule has 7 aromatic carbocycles. The van der Waals surface area contributed by atoms with Crippen molar-refractivity contribution in [1.82, 2.24) is 0 Å². The van der Waals surface area contributed by atoms with Crippen LogP contribution in [0, 0.1) is 0 Å². The van der Waals surface area contributed by atoms with Crippen LogP contribution in [0.25, 0.3) is 0 Å². The summed E-state index contributed by atoms with van der Waals surface area (Å²) in [5, 5.41) is 43.2. The highest BCUT2D eigenvalue weighted by molar-refractivity contribution is 5.57. The molecule has 6 heteroatoms. The maximum atomic E-state index is 11.0. The topological polar surface area (TPSA) is 96.8 Å². The standard InChI is InChI=1S/C50H49N3O3/c1-49(2,40-23-26-46(54)35(29-40)32-51-43-13-7-4-8-14-43)38-19-21-39(22-20-38)50(3,41-24-27-47(55)36(30-41)33-52-44-15-9-5-10-16-44)42-25-28-48(56)37(31-42)34-53-45-17-11-6-12-18-45/h4-31,51-56H,32-34H2,1-3H3. The van der Waals surface area contributed by atoms with Crippen LogP contribution in [0.15, 0.2) is 170 Å². The lowest BCUT2D eigenvalue weighted by Crippen LogP contribution is -2.27. The number of aromatic hydroxyl groups is 3. The zero-order chi connectivity index (χ0) is 39.1. The number of nitrogens with one attached hydrogen (secondary N) is 3. The van der Waals surface area contributed by atoms with Crippen LogP contribution >= 0.6 is 0 Å². The predicted octanol–water partition coefficient (Wildman–Crippen LogP) is 11.3. The van der Waals surface area contributed by atoms with E-state index in [0.717, 1.165) is 61.6 Å². The molecule has 0 aliphatic carbocycles. The molecule has 0 fully saturated rings. The van der Waals surface area contributed by atoms with Crippen molar-refractivity contribution in [2.45, 2.75) is 51.2 Å². The molecule has 0 radical (unpaired) electrons. The second-order valence-corrected chi connectivity index (χ2v) is 15.0. The molecule has 0 saturated carbocycles. The highest BCUT2D eigenvalue weighted by atomic mass is 16.3. The number of rotatable bonds is 14. The van der Waals surface area contributed by atoms with E-state index in [4.69, 9.17) is 0 Å². The third kappa shape index (κ3) is 8.20. The molecular formula is C50H49N3O3. The SMILES string of the molecule is CC(C)(c1ccc(C(C)(c2ccc(O)c(CNc3ccccc3)c2)c2ccc(O)c(CNc3ccccc3)c2)cc1)c1ccc(O)c(CNc2ccccc2)c1. The number of phenolic OH excluding ortho intramolecular Hbond substituents is 3. The Hall–Kier alpha value is -6.66. The van der Waals surface area contributed by atoms with Crippen molar-refractivity contribution in [3.05, 3.63) is 214 Å². The molecule has 0 saturated heterocycles. The predicted molar refractivity (Wildman–Crippen MR) is 230 cm³/mol. The van der Waals surface area contributed by atoms with E-state index in [1.165, 1.54) is 0 Å². The van der Waals surface area contributed by atoms with E-state index in [0.29, 0.717) is 19.6 Å². The van der Waals surface area contributed by atoms with Crippen molar-refractivity contribution in [1.29, 1.82) is 0 Å². The first-order valence-corrected chi connectivity index (χ1v) is 19.1. The third-order valence-electron chi connectivity index (χ3n) is 11.1. The number of para-hydroxylation sites is 3. The van der Waals surface area contributed by atoms with Gasteiger partial charge in [-0.05, 0) is 108 Å². The Labute approximate surface area is 330 Å². The van der Waals surface area contributed by atoms with Gasteiger partial charge in [0.05, 0.1) is 0 Å².